The molecule has 0 aromatic carbocycles. The summed E-state index contributed by atoms with van der Waals surface area (Å²) < 4.78 is 28.3. The van der Waals surface area contributed by atoms with Gasteiger partial charge >= 0.3 is 0 Å². The zero-order valence-corrected chi connectivity index (χ0v) is 10.6. The van der Waals surface area contributed by atoms with Crippen LogP contribution in [0.15, 0.2) is 0 Å². The Kier molecular flexibility index (Phi) is 13.6. The van der Waals surface area contributed by atoms with Crippen LogP contribution in [0.1, 0.15) is 27.2 Å². The minimum absolute atomic E-state index is 0.366. The molecule has 4 heteroatoms. The minimum Gasteiger partial charge on any atom is -0.385 e. The first-order valence-electron chi connectivity index (χ1n) is 5.57. The number of hydrogen-bond acceptors (Lipinski definition) is 2. The fourth-order valence-electron chi connectivity index (χ4n) is 1.17. The Bertz CT molecular complexity index is 121. The van der Waals surface area contributed by atoms with Crippen LogP contribution in [0.2, 0.25) is 0 Å². The molecule has 0 saturated carbocycles. The lowest BCUT2D eigenvalue weighted by Gasteiger charge is -2.07. The monoisotopic (exact) mass is 225 g/mol. The molecule has 1 heterocycles. The van der Waals surface area contributed by atoms with E-state index in [4.69, 9.17) is 0 Å². The van der Waals surface area contributed by atoms with Crippen LogP contribution in [0.3, 0.4) is 0 Å². The van der Waals surface area contributed by atoms with E-state index >= 15 is 0 Å². The Labute approximate surface area is 92.6 Å². The standard InChI is InChI=1S/C6H11F2N.C3H8O.C2H6/c1-9-3-2-5(4-9)6(7)8;1-3-4-2;1-2/h5-6H,2-4H2,1H3;3H2,1-2H3;1-2H3. The number of hydrogen-bond donors (Lipinski definition) is 0. The van der Waals surface area contributed by atoms with Crippen molar-refractivity contribution in [2.45, 2.75) is 33.6 Å². The third kappa shape index (κ3) is 10.1. The molecule has 0 aromatic rings. The van der Waals surface area contributed by atoms with Gasteiger partial charge in [-0.3, -0.25) is 0 Å². The van der Waals surface area contributed by atoms with E-state index in [2.05, 4.69) is 4.74 Å². The summed E-state index contributed by atoms with van der Waals surface area (Å²) in [6, 6.07) is 0. The van der Waals surface area contributed by atoms with Crippen molar-refractivity contribution < 1.29 is 13.5 Å². The molecule has 1 saturated heterocycles. The molecule has 0 radical (unpaired) electrons. The average Bonchev–Trinajstić information content (AvgIpc) is 2.68. The Balaban J connectivity index is 0. The largest absolute Gasteiger partial charge is 0.385 e. The molecule has 1 aliphatic rings. The fraction of sp³-hybridized carbons (Fsp3) is 1.00. The normalized spacial score (nSPS) is 20.4. The summed E-state index contributed by atoms with van der Waals surface area (Å²) in [5, 5.41) is 0. The number of ether oxygens (including phenoxy) is 1. The number of nitrogens with zero attached hydrogens (tertiary/aromatic N) is 1. The second kappa shape index (κ2) is 11.9. The molecule has 1 atom stereocenters. The van der Waals surface area contributed by atoms with E-state index in [-0.39, 0.29) is 5.92 Å². The maximum Gasteiger partial charge on any atom is 0.242 e. The Morgan fingerprint density at radius 1 is 1.40 bits per heavy atom. The van der Waals surface area contributed by atoms with Crippen molar-refractivity contribution in [3.8, 4) is 0 Å². The summed E-state index contributed by atoms with van der Waals surface area (Å²) in [7, 11) is 3.56. The van der Waals surface area contributed by atoms with Gasteiger partial charge in [-0.2, -0.15) is 0 Å². The summed E-state index contributed by atoms with van der Waals surface area (Å²) in [6.07, 6.45) is -1.45. The first-order chi connectivity index (χ1) is 7.11. The lowest BCUT2D eigenvalue weighted by atomic mass is 10.1. The third-order valence-corrected chi connectivity index (χ3v) is 2.07. The van der Waals surface area contributed by atoms with Gasteiger partial charge in [0.25, 0.3) is 0 Å². The lowest BCUT2D eigenvalue weighted by molar-refractivity contribution is 0.0823. The van der Waals surface area contributed by atoms with E-state index in [9.17, 15) is 8.78 Å². The van der Waals surface area contributed by atoms with Gasteiger partial charge in [-0.1, -0.05) is 13.8 Å². The maximum atomic E-state index is 11.9. The van der Waals surface area contributed by atoms with E-state index < -0.39 is 6.43 Å². The van der Waals surface area contributed by atoms with Crippen LogP contribution in [-0.2, 0) is 4.74 Å². The predicted octanol–water partition coefficient (Wildman–Crippen LogP) is 2.88. The first kappa shape index (κ1) is 17.2. The first-order valence-corrected chi connectivity index (χ1v) is 5.57. The molecule has 1 rings (SSSR count). The highest BCUT2D eigenvalue weighted by atomic mass is 19.3. The SMILES string of the molecule is CC.CCOC.CN1CCC(C(F)F)C1. The Morgan fingerprint density at radius 3 is 2.00 bits per heavy atom. The number of likely N-dealkylation sites (tertiary alicyclic amines) is 1. The molecule has 1 unspecified atom stereocenters. The van der Waals surface area contributed by atoms with Crippen molar-refractivity contribution in [1.82, 2.24) is 4.90 Å². The van der Waals surface area contributed by atoms with Gasteiger partial charge in [0.2, 0.25) is 6.43 Å². The Morgan fingerprint density at radius 2 is 1.87 bits per heavy atom. The highest BCUT2D eigenvalue weighted by Gasteiger charge is 2.26. The smallest absolute Gasteiger partial charge is 0.242 e. The number of halogens is 2. The minimum atomic E-state index is -2.12. The number of alkyl halides is 2. The average molecular weight is 225 g/mol. The highest BCUT2D eigenvalue weighted by molar-refractivity contribution is 4.74. The molecule has 0 bridgehead atoms. The molecule has 2 nitrogen and oxygen atoms in total. The van der Waals surface area contributed by atoms with Gasteiger partial charge in [0, 0.05) is 26.2 Å². The van der Waals surface area contributed by atoms with Crippen LogP contribution in [0.5, 0.6) is 0 Å². The van der Waals surface area contributed by atoms with Crippen molar-refractivity contribution in [1.29, 1.82) is 0 Å². The zero-order valence-electron chi connectivity index (χ0n) is 10.6. The van der Waals surface area contributed by atoms with Crippen molar-refractivity contribution in [3.05, 3.63) is 0 Å². The molecule has 1 fully saturated rings. The van der Waals surface area contributed by atoms with Crippen LogP contribution < -0.4 is 0 Å². The molecule has 0 aliphatic carbocycles. The van der Waals surface area contributed by atoms with Gasteiger partial charge in [0.05, 0.1) is 0 Å². The van der Waals surface area contributed by atoms with Crippen molar-refractivity contribution in [2.75, 3.05) is 33.9 Å². The molecule has 0 N–H and O–H groups in total. The number of rotatable bonds is 2. The highest BCUT2D eigenvalue weighted by Crippen LogP contribution is 2.20. The van der Waals surface area contributed by atoms with Crippen LogP contribution >= 0.6 is 0 Å². The number of methoxy groups -OCH3 is 1. The molecular formula is C11H25F2NO. The van der Waals surface area contributed by atoms with E-state index in [1.54, 1.807) is 7.11 Å². The van der Waals surface area contributed by atoms with E-state index in [1.807, 2.05) is 32.7 Å². The summed E-state index contributed by atoms with van der Waals surface area (Å²) in [5.41, 5.74) is 0. The summed E-state index contributed by atoms with van der Waals surface area (Å²) >= 11 is 0. The van der Waals surface area contributed by atoms with Gasteiger partial charge in [-0.25, -0.2) is 8.78 Å². The summed E-state index contributed by atoms with van der Waals surface area (Å²) in [6.45, 7) is 8.17. The molecule has 94 valence electrons. The van der Waals surface area contributed by atoms with E-state index in [1.165, 1.54) is 0 Å². The zero-order chi connectivity index (χ0) is 12.3. The predicted molar refractivity (Wildman–Crippen MR) is 60.5 cm³/mol. The molecule has 15 heavy (non-hydrogen) atoms. The molecular weight excluding hydrogens is 200 g/mol. The van der Waals surface area contributed by atoms with E-state index in [0.717, 1.165) is 13.2 Å². The van der Waals surface area contributed by atoms with Gasteiger partial charge in [0.1, 0.15) is 0 Å². The fourth-order valence-corrected chi connectivity index (χ4v) is 1.17. The lowest BCUT2D eigenvalue weighted by Crippen LogP contribution is -2.17. The van der Waals surface area contributed by atoms with Crippen LogP contribution in [0, 0.1) is 5.92 Å². The second-order valence-corrected chi connectivity index (χ2v) is 3.22. The second-order valence-electron chi connectivity index (χ2n) is 3.22. The maximum absolute atomic E-state index is 11.9. The van der Waals surface area contributed by atoms with E-state index in [0.29, 0.717) is 13.0 Å². The van der Waals surface area contributed by atoms with Crippen molar-refractivity contribution >= 4 is 0 Å². The van der Waals surface area contributed by atoms with Crippen molar-refractivity contribution in [2.24, 2.45) is 5.92 Å². The van der Waals surface area contributed by atoms with Crippen LogP contribution in [-0.4, -0.2) is 45.2 Å². The van der Waals surface area contributed by atoms with Gasteiger partial charge in [-0.05, 0) is 26.9 Å². The molecule has 1 aliphatic heterocycles. The molecule has 0 spiro atoms. The summed E-state index contributed by atoms with van der Waals surface area (Å²) in [5.74, 6) is -0.366. The summed E-state index contributed by atoms with van der Waals surface area (Å²) in [4.78, 5) is 1.94. The van der Waals surface area contributed by atoms with Gasteiger partial charge < -0.3 is 9.64 Å². The molecule has 0 amide bonds. The Hall–Kier alpha value is -0.220. The van der Waals surface area contributed by atoms with Gasteiger partial charge in [-0.15, -0.1) is 0 Å². The van der Waals surface area contributed by atoms with Crippen molar-refractivity contribution in [3.63, 3.8) is 0 Å². The third-order valence-electron chi connectivity index (χ3n) is 2.07. The topological polar surface area (TPSA) is 12.5 Å². The quantitative estimate of drug-likeness (QED) is 0.716. The molecule has 0 aromatic heterocycles. The van der Waals surface area contributed by atoms with Crippen LogP contribution in [0.25, 0.3) is 0 Å². The van der Waals surface area contributed by atoms with Crippen LogP contribution in [0.4, 0.5) is 8.78 Å². The van der Waals surface area contributed by atoms with Gasteiger partial charge in [0.15, 0.2) is 0 Å².